The second-order valence-electron chi connectivity index (χ2n) is 4.43. The average molecular weight is 354 g/mol. The maximum atomic E-state index is 10.2. The van der Waals surface area contributed by atoms with Crippen molar-refractivity contribution in [3.8, 4) is 0 Å². The molecule has 117 valence electrons. The average Bonchev–Trinajstić information content (AvgIpc) is 2.24. The largest absolute Gasteiger partial charge is 1.00 e. The van der Waals surface area contributed by atoms with Gasteiger partial charge in [-0.2, -0.15) is 8.42 Å². The predicted octanol–water partition coefficient (Wildman–Crippen LogP) is 0.841. The van der Waals surface area contributed by atoms with Crippen molar-refractivity contribution < 1.29 is 65.2 Å². The zero-order valence-electron chi connectivity index (χ0n) is 13.2. The van der Waals surface area contributed by atoms with E-state index < -0.39 is 10.4 Å². The van der Waals surface area contributed by atoms with Gasteiger partial charge in [-0.05, 0) is 6.42 Å². The normalized spacial score (nSPS) is 10.6. The molecular weight excluding hydrogens is 327 g/mol. The summed E-state index contributed by atoms with van der Waals surface area (Å²) in [5.41, 5.74) is 0. The molecule has 0 aromatic rings. The Labute approximate surface area is 152 Å². The van der Waals surface area contributed by atoms with Crippen molar-refractivity contribution in [3.05, 3.63) is 0 Å². The van der Waals surface area contributed by atoms with Crippen LogP contribution in [0, 0.1) is 0 Å². The Morgan fingerprint density at radius 1 is 0.895 bits per heavy atom. The van der Waals surface area contributed by atoms with Crippen molar-refractivity contribution in [2.24, 2.45) is 0 Å². The van der Waals surface area contributed by atoms with E-state index in [2.05, 4.69) is 11.1 Å². The quantitative estimate of drug-likeness (QED) is 0.321. The molecule has 0 aromatic carbocycles. The molecule has 0 aliphatic heterocycles. The maximum Gasteiger partial charge on any atom is 1.00 e. The van der Waals surface area contributed by atoms with Crippen LogP contribution in [0.4, 0.5) is 0 Å². The summed E-state index contributed by atoms with van der Waals surface area (Å²) in [5, 5.41) is 0. The molecule has 1 radical (unpaired) electrons. The van der Waals surface area contributed by atoms with Gasteiger partial charge in [0.2, 0.25) is 0 Å². The minimum absolute atomic E-state index is 0. The van der Waals surface area contributed by atoms with Crippen molar-refractivity contribution >= 4 is 10.4 Å². The van der Waals surface area contributed by atoms with Crippen LogP contribution in [0.15, 0.2) is 0 Å². The minimum Gasteiger partial charge on any atom is -1.00 e. The van der Waals surface area contributed by atoms with Crippen LogP contribution >= 0.6 is 0 Å². The summed E-state index contributed by atoms with van der Waals surface area (Å²) >= 11 is 0. The van der Waals surface area contributed by atoms with E-state index in [0.717, 1.165) is 12.8 Å². The molecule has 4 nitrogen and oxygen atoms in total. The van der Waals surface area contributed by atoms with Crippen LogP contribution in [0.3, 0.4) is 0 Å². The molecule has 0 unspecified atom stereocenters. The van der Waals surface area contributed by atoms with Crippen LogP contribution in [0.5, 0.6) is 0 Å². The summed E-state index contributed by atoms with van der Waals surface area (Å²) < 4.78 is 33.0. The third-order valence-electron chi connectivity index (χ3n) is 2.73. The van der Waals surface area contributed by atoms with Gasteiger partial charge in [0, 0.05) is 17.1 Å². The zero-order chi connectivity index (χ0) is 13.0. The van der Waals surface area contributed by atoms with Crippen LogP contribution < -0.4 is 29.6 Å². The predicted molar refractivity (Wildman–Crippen MR) is 70.5 cm³/mol. The summed E-state index contributed by atoms with van der Waals surface area (Å²) in [7, 11) is -4.23. The van der Waals surface area contributed by atoms with Crippen molar-refractivity contribution in [2.45, 2.75) is 71.1 Å². The van der Waals surface area contributed by atoms with Crippen LogP contribution in [0.1, 0.15) is 72.6 Å². The molecule has 0 atom stereocenters. The van der Waals surface area contributed by atoms with E-state index in [0.29, 0.717) is 6.42 Å². The van der Waals surface area contributed by atoms with Crippen molar-refractivity contribution in [2.75, 3.05) is 6.61 Å². The Hall–Kier alpha value is 1.39. The topological polar surface area (TPSA) is 63.6 Å². The molecule has 0 spiro atoms. The van der Waals surface area contributed by atoms with Crippen molar-refractivity contribution in [1.29, 1.82) is 0 Å². The standard InChI is InChI=1S/C12H26O4S.Cu.Na.H/c1-2-3-4-5-6-7-8-9-10-11-12-16-17(13,14)15;;;/h2-12H2,1H3,(H,13,14,15);;;/q;;+1;-1. The van der Waals surface area contributed by atoms with Gasteiger partial charge < -0.3 is 1.43 Å². The van der Waals surface area contributed by atoms with Crippen LogP contribution in [-0.2, 0) is 31.7 Å². The molecule has 0 aromatic heterocycles. The fourth-order valence-corrected chi connectivity index (χ4v) is 2.08. The van der Waals surface area contributed by atoms with Crippen LogP contribution in [0.2, 0.25) is 0 Å². The molecular formula is C12H27CuNaO4S. The Kier molecular flexibility index (Phi) is 23.3. The number of hydrogen-bond acceptors (Lipinski definition) is 3. The first-order chi connectivity index (χ1) is 8.06. The van der Waals surface area contributed by atoms with E-state index in [9.17, 15) is 8.42 Å². The van der Waals surface area contributed by atoms with Gasteiger partial charge in [-0.25, -0.2) is 4.18 Å². The van der Waals surface area contributed by atoms with Gasteiger partial charge in [-0.15, -0.1) is 0 Å². The van der Waals surface area contributed by atoms with Gasteiger partial charge in [0.15, 0.2) is 0 Å². The van der Waals surface area contributed by atoms with Crippen molar-refractivity contribution in [3.63, 3.8) is 0 Å². The number of rotatable bonds is 12. The van der Waals surface area contributed by atoms with Crippen molar-refractivity contribution in [1.82, 2.24) is 0 Å². The molecule has 0 heterocycles. The summed E-state index contributed by atoms with van der Waals surface area (Å²) in [6.45, 7) is 2.31. The first-order valence-electron chi connectivity index (χ1n) is 6.68. The molecule has 7 heteroatoms. The number of hydrogen-bond donors (Lipinski definition) is 1. The third kappa shape index (κ3) is 24.8. The Balaban J connectivity index is -0.000000427. The molecule has 1 N–H and O–H groups in total. The van der Waals surface area contributed by atoms with Gasteiger partial charge >= 0.3 is 40.0 Å². The first-order valence-corrected chi connectivity index (χ1v) is 8.04. The van der Waals surface area contributed by atoms with Gasteiger partial charge in [-0.3, -0.25) is 4.55 Å². The van der Waals surface area contributed by atoms with E-state index in [1.807, 2.05) is 0 Å². The Morgan fingerprint density at radius 3 is 1.63 bits per heavy atom. The first kappa shape index (κ1) is 25.3. The van der Waals surface area contributed by atoms with E-state index in [1.165, 1.54) is 44.9 Å². The monoisotopic (exact) mass is 353 g/mol. The number of unbranched alkanes of at least 4 members (excludes halogenated alkanes) is 9. The summed E-state index contributed by atoms with van der Waals surface area (Å²) in [6.07, 6.45) is 11.9. The molecule has 0 fully saturated rings. The fourth-order valence-electron chi connectivity index (χ4n) is 1.75. The molecule has 0 saturated heterocycles. The SMILES string of the molecule is CCCCCCCCCCCCOS(=O)(=O)O.[Cu].[H-].[Na+]. The van der Waals surface area contributed by atoms with E-state index >= 15 is 0 Å². The smallest absolute Gasteiger partial charge is 1.00 e. The fraction of sp³-hybridized carbons (Fsp3) is 1.00. The summed E-state index contributed by atoms with van der Waals surface area (Å²) in [5.74, 6) is 0. The van der Waals surface area contributed by atoms with E-state index in [1.54, 1.807) is 0 Å². The van der Waals surface area contributed by atoms with Gasteiger partial charge in [-0.1, -0.05) is 64.7 Å². The third-order valence-corrected chi connectivity index (χ3v) is 3.19. The van der Waals surface area contributed by atoms with Gasteiger partial charge in [0.05, 0.1) is 6.61 Å². The molecule has 0 aliphatic carbocycles. The molecule has 0 bridgehead atoms. The summed E-state index contributed by atoms with van der Waals surface area (Å²) in [6, 6.07) is 0. The molecule has 0 amide bonds. The summed E-state index contributed by atoms with van der Waals surface area (Å²) in [4.78, 5) is 0. The Bertz CT molecular complexity index is 266. The minimum atomic E-state index is -4.23. The second-order valence-corrected chi connectivity index (χ2v) is 5.52. The molecule has 0 saturated carbocycles. The van der Waals surface area contributed by atoms with E-state index in [-0.39, 0.29) is 54.7 Å². The van der Waals surface area contributed by atoms with Crippen LogP contribution in [0.25, 0.3) is 0 Å². The maximum absolute atomic E-state index is 10.2. The zero-order valence-corrected chi connectivity index (χ0v) is 15.9. The van der Waals surface area contributed by atoms with Crippen LogP contribution in [-0.4, -0.2) is 19.6 Å². The second kappa shape index (κ2) is 17.4. The molecule has 19 heavy (non-hydrogen) atoms. The van der Waals surface area contributed by atoms with Gasteiger partial charge in [0.1, 0.15) is 0 Å². The van der Waals surface area contributed by atoms with E-state index in [4.69, 9.17) is 4.55 Å². The van der Waals surface area contributed by atoms with Gasteiger partial charge in [0.25, 0.3) is 0 Å². The Morgan fingerprint density at radius 2 is 1.26 bits per heavy atom. The molecule has 0 rings (SSSR count). The molecule has 0 aliphatic rings.